The quantitative estimate of drug-likeness (QED) is 0.324. The molecule has 0 radical (unpaired) electrons. The maximum absolute atomic E-state index is 12.9. The highest BCUT2D eigenvalue weighted by Gasteiger charge is 2.27. The number of carbonyl (C=O) groups is 2. The van der Waals surface area contributed by atoms with E-state index in [1.165, 1.54) is 6.20 Å². The summed E-state index contributed by atoms with van der Waals surface area (Å²) < 4.78 is 21.8. The molecule has 2 heterocycles. The standard InChI is InChI=1S/C28H31N5O6/c1-4-38-27(34)22-18-30-23-16-25(39-14-13-36-2)24(37-3)15-21(23)26(22)32-9-11-33(12-10-32)28(35)31-20-7-5-19(17-29)6-8-20/h5-8,15-16,18H,4,9-14H2,1-3H3,(H,31,35). The number of nitrogens with one attached hydrogen (secondary N) is 1. The van der Waals surface area contributed by atoms with Crippen LogP contribution in [0.25, 0.3) is 10.9 Å². The Morgan fingerprint density at radius 1 is 1.05 bits per heavy atom. The minimum atomic E-state index is -0.470. The predicted octanol–water partition coefficient (Wildman–Crippen LogP) is 3.67. The smallest absolute Gasteiger partial charge is 0.341 e. The van der Waals surface area contributed by atoms with Crippen molar-refractivity contribution in [3.8, 4) is 17.6 Å². The van der Waals surface area contributed by atoms with E-state index in [1.807, 2.05) is 6.07 Å². The molecule has 1 aromatic heterocycles. The zero-order chi connectivity index (χ0) is 27.8. The summed E-state index contributed by atoms with van der Waals surface area (Å²) in [7, 11) is 3.15. The van der Waals surface area contributed by atoms with Crippen LogP contribution in [-0.2, 0) is 9.47 Å². The van der Waals surface area contributed by atoms with Gasteiger partial charge in [0.1, 0.15) is 12.2 Å². The van der Waals surface area contributed by atoms with Crippen LogP contribution < -0.4 is 19.7 Å². The number of esters is 1. The third-order valence-electron chi connectivity index (χ3n) is 6.31. The molecule has 0 unspecified atom stereocenters. The van der Waals surface area contributed by atoms with Crippen LogP contribution in [0.1, 0.15) is 22.8 Å². The Kier molecular flexibility index (Phi) is 9.01. The second kappa shape index (κ2) is 12.8. The molecule has 0 bridgehead atoms. The molecule has 1 N–H and O–H groups in total. The van der Waals surface area contributed by atoms with Gasteiger partial charge in [-0.1, -0.05) is 0 Å². The number of aromatic nitrogens is 1. The number of nitriles is 1. The third-order valence-corrected chi connectivity index (χ3v) is 6.31. The van der Waals surface area contributed by atoms with Crippen LogP contribution >= 0.6 is 0 Å². The van der Waals surface area contributed by atoms with Gasteiger partial charge < -0.3 is 34.1 Å². The van der Waals surface area contributed by atoms with Crippen molar-refractivity contribution in [3.05, 3.63) is 53.7 Å². The molecule has 3 aromatic rings. The minimum absolute atomic E-state index is 0.231. The molecule has 4 rings (SSSR count). The Bertz CT molecular complexity index is 1360. The Balaban J connectivity index is 1.59. The molecule has 0 saturated carbocycles. The summed E-state index contributed by atoms with van der Waals surface area (Å²) in [6.07, 6.45) is 1.52. The molecule has 2 amide bonds. The van der Waals surface area contributed by atoms with E-state index in [4.69, 9.17) is 24.2 Å². The number of pyridine rings is 1. The fraction of sp³-hybridized carbons (Fsp3) is 0.357. The lowest BCUT2D eigenvalue weighted by molar-refractivity contribution is 0.0526. The minimum Gasteiger partial charge on any atom is -0.493 e. The Hall–Kier alpha value is -4.56. The number of benzene rings is 2. The first-order chi connectivity index (χ1) is 19.0. The molecule has 0 aliphatic carbocycles. The topological polar surface area (TPSA) is 126 Å². The number of ether oxygens (including phenoxy) is 4. The molecule has 11 heteroatoms. The molecule has 1 aliphatic heterocycles. The Morgan fingerprint density at radius 3 is 2.44 bits per heavy atom. The van der Waals surface area contributed by atoms with Crippen molar-refractivity contribution in [2.75, 3.05) is 70.4 Å². The van der Waals surface area contributed by atoms with Crippen LogP contribution in [0.4, 0.5) is 16.2 Å². The molecule has 204 valence electrons. The fourth-order valence-electron chi connectivity index (χ4n) is 4.36. The first-order valence-electron chi connectivity index (χ1n) is 12.6. The first kappa shape index (κ1) is 27.5. The number of fused-ring (bicyclic) bond motifs is 1. The molecule has 39 heavy (non-hydrogen) atoms. The van der Waals surface area contributed by atoms with E-state index in [-0.39, 0.29) is 12.6 Å². The summed E-state index contributed by atoms with van der Waals surface area (Å²) in [5.41, 5.74) is 2.78. The van der Waals surface area contributed by atoms with Gasteiger partial charge in [0, 0.05) is 56.6 Å². The molecule has 11 nitrogen and oxygen atoms in total. The maximum Gasteiger partial charge on any atom is 0.341 e. The number of carbonyl (C=O) groups excluding carboxylic acids is 2. The predicted molar refractivity (Wildman–Crippen MR) is 146 cm³/mol. The lowest BCUT2D eigenvalue weighted by Gasteiger charge is -2.37. The highest BCUT2D eigenvalue weighted by molar-refractivity contribution is 6.06. The zero-order valence-electron chi connectivity index (χ0n) is 22.2. The Morgan fingerprint density at radius 2 is 1.79 bits per heavy atom. The molecule has 1 aliphatic rings. The van der Waals surface area contributed by atoms with E-state index in [2.05, 4.69) is 21.3 Å². The summed E-state index contributed by atoms with van der Waals surface area (Å²) in [5.74, 6) is 0.555. The molecule has 1 saturated heterocycles. The number of hydrogen-bond donors (Lipinski definition) is 1. The van der Waals surface area contributed by atoms with Crippen molar-refractivity contribution in [3.63, 3.8) is 0 Å². The van der Waals surface area contributed by atoms with E-state index in [1.54, 1.807) is 56.4 Å². The number of urea groups is 1. The first-order valence-corrected chi connectivity index (χ1v) is 12.6. The summed E-state index contributed by atoms with van der Waals surface area (Å²) in [6.45, 7) is 4.59. The molecular formula is C28H31N5O6. The molecule has 0 atom stereocenters. The van der Waals surface area contributed by atoms with Crippen LogP contribution in [0, 0.1) is 11.3 Å². The summed E-state index contributed by atoms with van der Waals surface area (Å²) in [6, 6.07) is 12.1. The van der Waals surface area contributed by atoms with Crippen molar-refractivity contribution in [2.24, 2.45) is 0 Å². The number of amides is 2. The number of rotatable bonds is 9. The van der Waals surface area contributed by atoms with Gasteiger partial charge in [0.15, 0.2) is 11.5 Å². The fourth-order valence-corrected chi connectivity index (χ4v) is 4.36. The van der Waals surface area contributed by atoms with Crippen molar-refractivity contribution in [1.29, 1.82) is 5.26 Å². The second-order valence-corrected chi connectivity index (χ2v) is 8.70. The van der Waals surface area contributed by atoms with Gasteiger partial charge in [-0.25, -0.2) is 9.59 Å². The Labute approximate surface area is 226 Å². The average Bonchev–Trinajstić information content (AvgIpc) is 2.96. The van der Waals surface area contributed by atoms with Crippen molar-refractivity contribution in [1.82, 2.24) is 9.88 Å². The van der Waals surface area contributed by atoms with E-state index in [0.717, 1.165) is 0 Å². The summed E-state index contributed by atoms with van der Waals surface area (Å²) >= 11 is 0. The van der Waals surface area contributed by atoms with Crippen LogP contribution in [0.5, 0.6) is 11.5 Å². The number of nitrogens with zero attached hydrogens (tertiary/aromatic N) is 4. The van der Waals surface area contributed by atoms with Gasteiger partial charge >= 0.3 is 12.0 Å². The van der Waals surface area contributed by atoms with Gasteiger partial charge in [0.05, 0.1) is 43.2 Å². The van der Waals surface area contributed by atoms with Crippen LogP contribution in [0.2, 0.25) is 0 Å². The molecule has 2 aromatic carbocycles. The van der Waals surface area contributed by atoms with Gasteiger partial charge in [-0.15, -0.1) is 0 Å². The van der Waals surface area contributed by atoms with E-state index in [0.29, 0.717) is 84.3 Å². The third kappa shape index (κ3) is 6.30. The molecular weight excluding hydrogens is 502 g/mol. The SMILES string of the molecule is CCOC(=O)c1cnc2cc(OCCOC)c(OC)cc2c1N1CCN(C(=O)Nc2ccc(C#N)cc2)CC1. The van der Waals surface area contributed by atoms with Crippen LogP contribution in [0.15, 0.2) is 42.6 Å². The van der Waals surface area contributed by atoms with Crippen molar-refractivity contribution >= 4 is 34.3 Å². The van der Waals surface area contributed by atoms with E-state index < -0.39 is 5.97 Å². The average molecular weight is 534 g/mol. The van der Waals surface area contributed by atoms with Gasteiger partial charge in [0.25, 0.3) is 0 Å². The number of hydrogen-bond acceptors (Lipinski definition) is 9. The second-order valence-electron chi connectivity index (χ2n) is 8.70. The van der Waals surface area contributed by atoms with Crippen molar-refractivity contribution in [2.45, 2.75) is 6.92 Å². The largest absolute Gasteiger partial charge is 0.493 e. The number of piperazine rings is 1. The van der Waals surface area contributed by atoms with Gasteiger partial charge in [0.2, 0.25) is 0 Å². The lowest BCUT2D eigenvalue weighted by Crippen LogP contribution is -2.50. The van der Waals surface area contributed by atoms with Gasteiger partial charge in [-0.05, 0) is 37.3 Å². The summed E-state index contributed by atoms with van der Waals surface area (Å²) in [4.78, 5) is 34.1. The van der Waals surface area contributed by atoms with Crippen molar-refractivity contribution < 1.29 is 28.5 Å². The molecule has 0 spiro atoms. The monoisotopic (exact) mass is 533 g/mol. The molecule has 1 fully saturated rings. The van der Waals surface area contributed by atoms with Crippen LogP contribution in [-0.4, -0.2) is 82.1 Å². The number of methoxy groups -OCH3 is 2. The highest BCUT2D eigenvalue weighted by Crippen LogP contribution is 2.38. The number of anilines is 2. The highest BCUT2D eigenvalue weighted by atomic mass is 16.5. The van der Waals surface area contributed by atoms with Gasteiger partial charge in [-0.2, -0.15) is 5.26 Å². The maximum atomic E-state index is 12.9. The van der Waals surface area contributed by atoms with E-state index in [9.17, 15) is 9.59 Å². The summed E-state index contributed by atoms with van der Waals surface area (Å²) in [5, 5.41) is 12.6. The van der Waals surface area contributed by atoms with E-state index >= 15 is 0 Å². The zero-order valence-corrected chi connectivity index (χ0v) is 22.2. The van der Waals surface area contributed by atoms with Gasteiger partial charge in [-0.3, -0.25) is 4.98 Å². The normalized spacial score (nSPS) is 13.1. The van der Waals surface area contributed by atoms with Crippen LogP contribution in [0.3, 0.4) is 0 Å². The lowest BCUT2D eigenvalue weighted by atomic mass is 10.1.